The fourth-order valence-electron chi connectivity index (χ4n) is 2.95. The van der Waals surface area contributed by atoms with E-state index in [-0.39, 0.29) is 0 Å². The van der Waals surface area contributed by atoms with Crippen LogP contribution in [-0.2, 0) is 4.74 Å². The van der Waals surface area contributed by atoms with Crippen LogP contribution < -0.4 is 10.1 Å². The first kappa shape index (κ1) is 16.3. The van der Waals surface area contributed by atoms with Crippen LogP contribution in [0.25, 0.3) is 0 Å². The maximum atomic E-state index is 5.78. The minimum atomic E-state index is 0.321. The molecule has 4 heteroatoms. The van der Waals surface area contributed by atoms with Gasteiger partial charge in [0.25, 0.3) is 0 Å². The van der Waals surface area contributed by atoms with Gasteiger partial charge in [0, 0.05) is 25.2 Å². The monoisotopic (exact) mass is 292 g/mol. The number of hydrogen-bond acceptors (Lipinski definition) is 4. The molecule has 0 amide bonds. The van der Waals surface area contributed by atoms with E-state index in [1.54, 1.807) is 7.11 Å². The van der Waals surface area contributed by atoms with Gasteiger partial charge in [-0.1, -0.05) is 19.1 Å². The molecule has 1 aromatic rings. The Morgan fingerprint density at radius 2 is 2.10 bits per heavy atom. The zero-order valence-electron chi connectivity index (χ0n) is 13.6. The molecule has 1 aliphatic rings. The Morgan fingerprint density at radius 3 is 2.67 bits per heavy atom. The SMILES string of the molecule is CCC1COC(C)CN1CC(NC)c1ccc(OC)cc1. The lowest BCUT2D eigenvalue weighted by Gasteiger charge is -2.40. The highest BCUT2D eigenvalue weighted by atomic mass is 16.5. The molecule has 0 aromatic heterocycles. The number of nitrogens with one attached hydrogen (secondary N) is 1. The van der Waals surface area contributed by atoms with Crippen LogP contribution in [0.2, 0.25) is 0 Å². The van der Waals surface area contributed by atoms with Gasteiger partial charge < -0.3 is 14.8 Å². The van der Waals surface area contributed by atoms with Gasteiger partial charge in [0.2, 0.25) is 0 Å². The van der Waals surface area contributed by atoms with Crippen molar-refractivity contribution in [2.75, 3.05) is 33.9 Å². The first-order chi connectivity index (χ1) is 10.2. The Morgan fingerprint density at radius 1 is 1.38 bits per heavy atom. The van der Waals surface area contributed by atoms with E-state index in [0.717, 1.165) is 31.9 Å². The first-order valence-corrected chi connectivity index (χ1v) is 7.84. The minimum absolute atomic E-state index is 0.321. The molecule has 4 nitrogen and oxygen atoms in total. The quantitative estimate of drug-likeness (QED) is 0.873. The molecule has 118 valence electrons. The molecule has 1 aliphatic heterocycles. The van der Waals surface area contributed by atoms with Crippen molar-refractivity contribution in [2.45, 2.75) is 38.5 Å². The molecular weight excluding hydrogens is 264 g/mol. The third-order valence-corrected chi connectivity index (χ3v) is 4.34. The second-order valence-electron chi connectivity index (χ2n) is 5.77. The molecule has 2 rings (SSSR count). The molecule has 0 radical (unpaired) electrons. The summed E-state index contributed by atoms with van der Waals surface area (Å²) in [7, 11) is 3.73. The number of hydrogen-bond donors (Lipinski definition) is 1. The Hall–Kier alpha value is -1.10. The largest absolute Gasteiger partial charge is 0.497 e. The van der Waals surface area contributed by atoms with Crippen LogP contribution in [0.15, 0.2) is 24.3 Å². The highest BCUT2D eigenvalue weighted by Crippen LogP contribution is 2.22. The molecule has 1 N–H and O–H groups in total. The van der Waals surface area contributed by atoms with Gasteiger partial charge in [-0.15, -0.1) is 0 Å². The van der Waals surface area contributed by atoms with Crippen LogP contribution in [0, 0.1) is 0 Å². The average Bonchev–Trinajstić information content (AvgIpc) is 2.53. The van der Waals surface area contributed by atoms with Gasteiger partial charge in [0.05, 0.1) is 19.8 Å². The van der Waals surface area contributed by atoms with Crippen LogP contribution in [-0.4, -0.2) is 50.9 Å². The van der Waals surface area contributed by atoms with Gasteiger partial charge in [-0.2, -0.15) is 0 Å². The molecule has 1 saturated heterocycles. The van der Waals surface area contributed by atoms with E-state index < -0.39 is 0 Å². The summed E-state index contributed by atoms with van der Waals surface area (Å²) in [5.74, 6) is 0.903. The number of rotatable bonds is 6. The van der Waals surface area contributed by atoms with Crippen molar-refractivity contribution in [1.29, 1.82) is 0 Å². The molecule has 21 heavy (non-hydrogen) atoms. The molecule has 0 saturated carbocycles. The average molecular weight is 292 g/mol. The van der Waals surface area contributed by atoms with Gasteiger partial charge in [-0.05, 0) is 38.1 Å². The van der Waals surface area contributed by atoms with Gasteiger partial charge in [0.15, 0.2) is 0 Å². The number of methoxy groups -OCH3 is 1. The third kappa shape index (κ3) is 4.19. The topological polar surface area (TPSA) is 33.7 Å². The highest BCUT2D eigenvalue weighted by Gasteiger charge is 2.27. The lowest BCUT2D eigenvalue weighted by molar-refractivity contribution is -0.0584. The molecule has 0 aliphatic carbocycles. The predicted octanol–water partition coefficient (Wildman–Crippen LogP) is 2.46. The van der Waals surface area contributed by atoms with Gasteiger partial charge >= 0.3 is 0 Å². The summed E-state index contributed by atoms with van der Waals surface area (Å²) in [6.07, 6.45) is 1.45. The van der Waals surface area contributed by atoms with Crippen molar-refractivity contribution >= 4 is 0 Å². The Bertz CT molecular complexity index is 421. The molecule has 1 fully saturated rings. The maximum absolute atomic E-state index is 5.78. The standard InChI is InChI=1S/C17H28N2O2/c1-5-15-12-21-13(2)10-19(15)11-17(18-3)14-6-8-16(20-4)9-7-14/h6-9,13,15,17-18H,5,10-12H2,1-4H3. The van der Waals surface area contributed by atoms with Crippen molar-refractivity contribution in [2.24, 2.45) is 0 Å². The Kier molecular flexibility index (Phi) is 6.03. The van der Waals surface area contributed by atoms with Crippen LogP contribution >= 0.6 is 0 Å². The van der Waals surface area contributed by atoms with E-state index in [4.69, 9.17) is 9.47 Å². The fourth-order valence-corrected chi connectivity index (χ4v) is 2.95. The minimum Gasteiger partial charge on any atom is -0.497 e. The summed E-state index contributed by atoms with van der Waals surface area (Å²) in [6.45, 7) is 7.25. The number of morpholine rings is 1. The van der Waals surface area contributed by atoms with Crippen LogP contribution in [0.5, 0.6) is 5.75 Å². The van der Waals surface area contributed by atoms with Gasteiger partial charge in [-0.25, -0.2) is 0 Å². The van der Waals surface area contributed by atoms with E-state index in [1.165, 1.54) is 5.56 Å². The van der Waals surface area contributed by atoms with Crippen LogP contribution in [0.3, 0.4) is 0 Å². The molecule has 1 heterocycles. The Balaban J connectivity index is 2.05. The van der Waals surface area contributed by atoms with Crippen LogP contribution in [0.1, 0.15) is 31.9 Å². The summed E-state index contributed by atoms with van der Waals surface area (Å²) in [6, 6.07) is 9.19. The van der Waals surface area contributed by atoms with Crippen molar-refractivity contribution < 1.29 is 9.47 Å². The zero-order valence-corrected chi connectivity index (χ0v) is 13.6. The Labute approximate surface area is 128 Å². The second kappa shape index (κ2) is 7.78. The van der Waals surface area contributed by atoms with E-state index in [0.29, 0.717) is 18.2 Å². The number of likely N-dealkylation sites (N-methyl/N-ethyl adjacent to an activating group) is 1. The molecule has 0 bridgehead atoms. The lowest BCUT2D eigenvalue weighted by Crippen LogP contribution is -2.50. The van der Waals surface area contributed by atoms with E-state index in [1.807, 2.05) is 19.2 Å². The maximum Gasteiger partial charge on any atom is 0.118 e. The zero-order chi connectivity index (χ0) is 15.2. The number of ether oxygens (including phenoxy) is 2. The molecule has 3 atom stereocenters. The predicted molar refractivity (Wildman–Crippen MR) is 85.9 cm³/mol. The van der Waals surface area contributed by atoms with Gasteiger partial charge in [-0.3, -0.25) is 4.90 Å². The molecule has 1 aromatic carbocycles. The fraction of sp³-hybridized carbons (Fsp3) is 0.647. The van der Waals surface area contributed by atoms with E-state index >= 15 is 0 Å². The summed E-state index contributed by atoms with van der Waals surface area (Å²) < 4.78 is 11.0. The van der Waals surface area contributed by atoms with E-state index in [2.05, 4.69) is 36.2 Å². The van der Waals surface area contributed by atoms with Crippen molar-refractivity contribution in [3.63, 3.8) is 0 Å². The number of nitrogens with zero attached hydrogens (tertiary/aromatic N) is 1. The van der Waals surface area contributed by atoms with Crippen molar-refractivity contribution in [3.05, 3.63) is 29.8 Å². The highest BCUT2D eigenvalue weighted by molar-refractivity contribution is 5.29. The summed E-state index contributed by atoms with van der Waals surface area (Å²) >= 11 is 0. The summed E-state index contributed by atoms with van der Waals surface area (Å²) in [5.41, 5.74) is 1.30. The summed E-state index contributed by atoms with van der Waals surface area (Å²) in [4.78, 5) is 2.56. The first-order valence-electron chi connectivity index (χ1n) is 7.84. The molecule has 3 unspecified atom stereocenters. The molecular formula is C17H28N2O2. The smallest absolute Gasteiger partial charge is 0.118 e. The van der Waals surface area contributed by atoms with E-state index in [9.17, 15) is 0 Å². The second-order valence-corrected chi connectivity index (χ2v) is 5.77. The third-order valence-electron chi connectivity index (χ3n) is 4.34. The van der Waals surface area contributed by atoms with Crippen molar-refractivity contribution in [1.82, 2.24) is 10.2 Å². The lowest BCUT2D eigenvalue weighted by atomic mass is 10.0. The van der Waals surface area contributed by atoms with Crippen LogP contribution in [0.4, 0.5) is 0 Å². The molecule has 0 spiro atoms. The normalized spacial score (nSPS) is 24.8. The summed E-state index contributed by atoms with van der Waals surface area (Å²) in [5, 5.41) is 3.44. The number of benzene rings is 1. The van der Waals surface area contributed by atoms with Gasteiger partial charge in [0.1, 0.15) is 5.75 Å². The van der Waals surface area contributed by atoms with Crippen molar-refractivity contribution in [3.8, 4) is 5.75 Å².